The van der Waals surface area contributed by atoms with Crippen molar-refractivity contribution in [1.29, 1.82) is 0 Å². The van der Waals surface area contributed by atoms with Crippen molar-refractivity contribution in [2.45, 2.75) is 33.7 Å². The number of halogens is 1. The van der Waals surface area contributed by atoms with Gasteiger partial charge in [0, 0.05) is 6.92 Å². The highest BCUT2D eigenvalue weighted by molar-refractivity contribution is 5.82. The van der Waals surface area contributed by atoms with Crippen LogP contribution in [0.5, 0.6) is 0 Å². The van der Waals surface area contributed by atoms with E-state index in [4.69, 9.17) is 0 Å². The molecular weight excluding hydrogens is 189 g/mol. The molecule has 0 heterocycles. The first-order chi connectivity index (χ1) is 6.41. The minimum atomic E-state index is -1.15. The van der Waals surface area contributed by atoms with Crippen LogP contribution in [0.3, 0.4) is 0 Å². The van der Waals surface area contributed by atoms with Crippen LogP contribution in [0.1, 0.15) is 27.7 Å². The summed E-state index contributed by atoms with van der Waals surface area (Å²) in [5.41, 5.74) is 0. The summed E-state index contributed by atoms with van der Waals surface area (Å²) in [6.45, 7) is 6.17. The van der Waals surface area contributed by atoms with Gasteiger partial charge in [0.1, 0.15) is 0 Å². The Morgan fingerprint density at radius 3 is 2.21 bits per heavy atom. The first kappa shape index (κ1) is 12.9. The maximum Gasteiger partial charge on any atom is 0.332 e. The number of carbonyl (C=O) groups excluding carboxylic acids is 2. The minimum absolute atomic E-state index is 0.0807. The van der Waals surface area contributed by atoms with E-state index in [0.717, 1.165) is 6.92 Å². The van der Waals surface area contributed by atoms with Gasteiger partial charge in [0.25, 0.3) is 0 Å². The van der Waals surface area contributed by atoms with Crippen LogP contribution in [0, 0.1) is 5.92 Å². The normalized spacial score (nSPS) is 12.4. The second-order valence-corrected chi connectivity index (χ2v) is 3.27. The van der Waals surface area contributed by atoms with E-state index in [-0.39, 0.29) is 17.6 Å². The van der Waals surface area contributed by atoms with E-state index in [1.54, 1.807) is 20.8 Å². The molecule has 0 bridgehead atoms. The predicted molar refractivity (Wildman–Crippen MR) is 48.9 cm³/mol. The number of carbonyl (C=O) groups is 2. The molecule has 5 heteroatoms. The molecule has 0 saturated carbocycles. The van der Waals surface area contributed by atoms with Crippen LogP contribution in [0.15, 0.2) is 0 Å². The van der Waals surface area contributed by atoms with Crippen molar-refractivity contribution >= 4 is 11.9 Å². The van der Waals surface area contributed by atoms with Crippen molar-refractivity contribution in [2.24, 2.45) is 5.92 Å². The Balaban J connectivity index is 4.59. The summed E-state index contributed by atoms with van der Waals surface area (Å²) in [5.74, 6) is -1.82. The Hall–Kier alpha value is -1.13. The highest BCUT2D eigenvalue weighted by Gasteiger charge is 2.32. The highest BCUT2D eigenvalue weighted by atomic mass is 19.2. The van der Waals surface area contributed by atoms with Crippen LogP contribution in [0.2, 0.25) is 0 Å². The molecule has 0 aromatic carbocycles. The summed E-state index contributed by atoms with van der Waals surface area (Å²) in [7, 11) is 0. The molecule has 0 radical (unpaired) electrons. The molecule has 0 spiro atoms. The van der Waals surface area contributed by atoms with E-state index in [9.17, 15) is 14.1 Å². The van der Waals surface area contributed by atoms with Gasteiger partial charge in [0.2, 0.25) is 5.91 Å². The third kappa shape index (κ3) is 3.32. The molecule has 0 aliphatic carbocycles. The Morgan fingerprint density at radius 2 is 1.93 bits per heavy atom. The lowest BCUT2D eigenvalue weighted by molar-refractivity contribution is -0.171. The van der Waals surface area contributed by atoms with Crippen molar-refractivity contribution in [2.75, 3.05) is 6.61 Å². The lowest BCUT2D eigenvalue weighted by Crippen LogP contribution is -2.43. The molecule has 0 unspecified atom stereocenters. The number of hydrogen-bond acceptors (Lipinski definition) is 3. The van der Waals surface area contributed by atoms with E-state index in [2.05, 4.69) is 4.74 Å². The van der Waals surface area contributed by atoms with Crippen molar-refractivity contribution in [3.8, 4) is 0 Å². The third-order valence-corrected chi connectivity index (χ3v) is 1.70. The summed E-state index contributed by atoms with van der Waals surface area (Å²) >= 11 is 0. The van der Waals surface area contributed by atoms with E-state index in [0.29, 0.717) is 0 Å². The van der Waals surface area contributed by atoms with Gasteiger partial charge in [-0.1, -0.05) is 18.3 Å². The zero-order valence-electron chi connectivity index (χ0n) is 8.91. The molecule has 0 aliphatic rings. The van der Waals surface area contributed by atoms with Gasteiger partial charge >= 0.3 is 5.97 Å². The van der Waals surface area contributed by atoms with Crippen LogP contribution >= 0.6 is 0 Å². The van der Waals surface area contributed by atoms with Crippen molar-refractivity contribution < 1.29 is 18.8 Å². The molecule has 0 aliphatic heterocycles. The molecule has 1 atom stereocenters. The number of esters is 1. The fourth-order valence-corrected chi connectivity index (χ4v) is 1.05. The molecule has 14 heavy (non-hydrogen) atoms. The Morgan fingerprint density at radius 1 is 1.43 bits per heavy atom. The average Bonchev–Trinajstić information content (AvgIpc) is 2.03. The second-order valence-electron chi connectivity index (χ2n) is 3.27. The Labute approximate surface area is 83.0 Å². The quantitative estimate of drug-likeness (QED) is 0.513. The van der Waals surface area contributed by atoms with Crippen LogP contribution in [0.25, 0.3) is 0 Å². The van der Waals surface area contributed by atoms with Gasteiger partial charge in [0.15, 0.2) is 6.04 Å². The van der Waals surface area contributed by atoms with Crippen LogP contribution in [-0.4, -0.2) is 29.6 Å². The van der Waals surface area contributed by atoms with E-state index in [1.165, 1.54) is 0 Å². The van der Waals surface area contributed by atoms with Crippen LogP contribution in [0.4, 0.5) is 4.48 Å². The summed E-state index contributed by atoms with van der Waals surface area (Å²) < 4.78 is 17.9. The monoisotopic (exact) mass is 205 g/mol. The smallest absolute Gasteiger partial charge is 0.332 e. The van der Waals surface area contributed by atoms with Crippen LogP contribution in [-0.2, 0) is 14.3 Å². The molecule has 4 nitrogen and oxygen atoms in total. The first-order valence-electron chi connectivity index (χ1n) is 4.54. The minimum Gasteiger partial charge on any atom is -0.464 e. The third-order valence-electron chi connectivity index (χ3n) is 1.70. The van der Waals surface area contributed by atoms with Gasteiger partial charge in [0.05, 0.1) is 6.61 Å². The second kappa shape index (κ2) is 5.57. The summed E-state index contributed by atoms with van der Waals surface area (Å²) in [6, 6.07) is -1.15. The molecule has 82 valence electrons. The largest absolute Gasteiger partial charge is 0.464 e. The predicted octanol–water partition coefficient (Wildman–Crippen LogP) is 1.31. The molecule has 0 fully saturated rings. The van der Waals surface area contributed by atoms with Gasteiger partial charge in [-0.25, -0.2) is 4.79 Å². The van der Waals surface area contributed by atoms with E-state index >= 15 is 0 Å². The topological polar surface area (TPSA) is 46.6 Å². The molecule has 0 saturated heterocycles. The van der Waals surface area contributed by atoms with Gasteiger partial charge in [-0.2, -0.15) is 5.12 Å². The fraction of sp³-hybridized carbons (Fsp3) is 0.778. The molecule has 0 aromatic heterocycles. The fourth-order valence-electron chi connectivity index (χ4n) is 1.05. The summed E-state index contributed by atoms with van der Waals surface area (Å²) in [4.78, 5) is 22.0. The number of ether oxygens (including phenoxy) is 1. The van der Waals surface area contributed by atoms with Gasteiger partial charge in [-0.05, 0) is 12.8 Å². The van der Waals surface area contributed by atoms with E-state index in [1.807, 2.05) is 0 Å². The van der Waals surface area contributed by atoms with Crippen LogP contribution < -0.4 is 0 Å². The standard InChI is InChI=1S/C9H16FNO3/c1-5-14-9(13)8(6(2)3)11(10)7(4)12/h6,8H,5H2,1-4H3/t8-/m0/s1. The number of rotatable bonds is 4. The number of nitrogens with zero attached hydrogens (tertiary/aromatic N) is 1. The Bertz CT molecular complexity index is 218. The highest BCUT2D eigenvalue weighted by Crippen LogP contribution is 2.13. The number of amides is 1. The molecular formula is C9H16FNO3. The number of hydrogen-bond donors (Lipinski definition) is 0. The maximum atomic E-state index is 13.2. The zero-order chi connectivity index (χ0) is 11.3. The summed E-state index contributed by atoms with van der Waals surface area (Å²) in [6.07, 6.45) is 0. The molecule has 1 amide bonds. The Kier molecular flexibility index (Phi) is 5.12. The average molecular weight is 205 g/mol. The molecule has 0 aromatic rings. The SMILES string of the molecule is CCOC(=O)[C@H](C(C)C)N(F)C(C)=O. The van der Waals surface area contributed by atoms with E-state index < -0.39 is 17.9 Å². The zero-order valence-corrected chi connectivity index (χ0v) is 8.91. The summed E-state index contributed by atoms with van der Waals surface area (Å²) in [5, 5.41) is -0.0807. The van der Waals surface area contributed by atoms with Crippen molar-refractivity contribution in [3.63, 3.8) is 0 Å². The first-order valence-corrected chi connectivity index (χ1v) is 4.54. The van der Waals surface area contributed by atoms with Crippen molar-refractivity contribution in [3.05, 3.63) is 0 Å². The molecule has 0 N–H and O–H groups in total. The lowest BCUT2D eigenvalue weighted by Gasteiger charge is -2.23. The van der Waals surface area contributed by atoms with Gasteiger partial charge < -0.3 is 4.74 Å². The lowest BCUT2D eigenvalue weighted by atomic mass is 10.0. The maximum absolute atomic E-state index is 13.2. The molecule has 0 rings (SSSR count). The van der Waals surface area contributed by atoms with Gasteiger partial charge in [-0.15, -0.1) is 0 Å². The van der Waals surface area contributed by atoms with Crippen molar-refractivity contribution in [1.82, 2.24) is 5.12 Å². The van der Waals surface area contributed by atoms with Gasteiger partial charge in [-0.3, -0.25) is 4.79 Å².